The average molecular weight is 273 g/mol. The Morgan fingerprint density at radius 3 is 2.55 bits per heavy atom. The molecule has 5 heteroatoms. The van der Waals surface area contributed by atoms with Crippen LogP contribution in [-0.4, -0.2) is 19.1 Å². The average Bonchev–Trinajstić information content (AvgIpc) is 2.39. The minimum absolute atomic E-state index is 0.159. The molecule has 0 aliphatic heterocycles. The Morgan fingerprint density at radius 2 is 1.95 bits per heavy atom. The number of anilines is 1. The van der Waals surface area contributed by atoms with Crippen LogP contribution in [0.3, 0.4) is 0 Å². The molecule has 0 bridgehead atoms. The van der Waals surface area contributed by atoms with Crippen molar-refractivity contribution in [1.29, 1.82) is 5.26 Å². The number of hydrogen-bond donors (Lipinski definition) is 0. The molecule has 3 nitrogen and oxygen atoms in total. The molecule has 0 amide bonds. The number of benzene rings is 1. The summed E-state index contributed by atoms with van der Waals surface area (Å²) in [4.78, 5) is 5.97. The largest absolute Gasteiger partial charge is 0.378 e. The molecule has 2 aromatic rings. The van der Waals surface area contributed by atoms with Crippen LogP contribution in [0.4, 0.5) is 14.5 Å². The van der Waals surface area contributed by atoms with Gasteiger partial charge in [-0.3, -0.25) is 4.98 Å². The third kappa shape index (κ3) is 2.32. The van der Waals surface area contributed by atoms with Gasteiger partial charge in [-0.25, -0.2) is 8.78 Å². The highest BCUT2D eigenvalue weighted by Crippen LogP contribution is 2.30. The summed E-state index contributed by atoms with van der Waals surface area (Å²) in [5.41, 5.74) is 1.20. The van der Waals surface area contributed by atoms with E-state index in [0.29, 0.717) is 11.3 Å². The molecule has 0 spiro atoms. The molecule has 0 saturated heterocycles. The van der Waals surface area contributed by atoms with E-state index in [4.69, 9.17) is 5.26 Å². The summed E-state index contributed by atoms with van der Waals surface area (Å²) in [5, 5.41) is 8.85. The molecular formula is C15H13F2N3. The maximum Gasteiger partial charge on any atom is 0.153 e. The Kier molecular flexibility index (Phi) is 3.66. The molecule has 0 saturated carbocycles. The summed E-state index contributed by atoms with van der Waals surface area (Å²) in [5.74, 6) is -1.72. The summed E-state index contributed by atoms with van der Waals surface area (Å²) in [6.07, 6.45) is 1.55. The van der Waals surface area contributed by atoms with Gasteiger partial charge in [0.2, 0.25) is 0 Å². The Balaban J connectivity index is 2.70. The first-order chi connectivity index (χ1) is 9.45. The van der Waals surface area contributed by atoms with Gasteiger partial charge < -0.3 is 4.90 Å². The van der Waals surface area contributed by atoms with Crippen LogP contribution in [0.25, 0.3) is 11.3 Å². The van der Waals surface area contributed by atoms with E-state index in [1.54, 1.807) is 31.3 Å². The highest BCUT2D eigenvalue weighted by atomic mass is 19.1. The van der Waals surface area contributed by atoms with Gasteiger partial charge in [0.1, 0.15) is 17.4 Å². The Hall–Kier alpha value is -2.48. The smallest absolute Gasteiger partial charge is 0.153 e. The quantitative estimate of drug-likeness (QED) is 0.843. The molecule has 1 aromatic carbocycles. The van der Waals surface area contributed by atoms with Crippen molar-refractivity contribution in [2.24, 2.45) is 0 Å². The minimum atomic E-state index is -0.867. The zero-order valence-electron chi connectivity index (χ0n) is 11.4. The molecule has 102 valence electrons. The predicted octanol–water partition coefficient (Wildman–Crippen LogP) is 3.27. The van der Waals surface area contributed by atoms with Crippen LogP contribution < -0.4 is 4.90 Å². The number of nitriles is 1. The van der Waals surface area contributed by atoms with Crippen LogP contribution in [0.1, 0.15) is 11.1 Å². The minimum Gasteiger partial charge on any atom is -0.378 e. The Morgan fingerprint density at radius 1 is 1.25 bits per heavy atom. The topological polar surface area (TPSA) is 39.9 Å². The first kappa shape index (κ1) is 13.9. The fraction of sp³-hybridized carbons (Fsp3) is 0.200. The lowest BCUT2D eigenvalue weighted by Gasteiger charge is -2.14. The zero-order valence-corrected chi connectivity index (χ0v) is 11.4. The van der Waals surface area contributed by atoms with Crippen LogP contribution in [0.2, 0.25) is 0 Å². The number of rotatable bonds is 2. The molecule has 1 heterocycles. The van der Waals surface area contributed by atoms with Gasteiger partial charge in [0, 0.05) is 31.5 Å². The van der Waals surface area contributed by atoms with E-state index in [0.717, 1.165) is 11.8 Å². The van der Waals surface area contributed by atoms with Crippen LogP contribution in [0.5, 0.6) is 0 Å². The van der Waals surface area contributed by atoms with Crippen molar-refractivity contribution in [2.45, 2.75) is 6.92 Å². The van der Waals surface area contributed by atoms with Crippen LogP contribution in [-0.2, 0) is 0 Å². The highest BCUT2D eigenvalue weighted by molar-refractivity contribution is 5.70. The number of pyridine rings is 1. The van der Waals surface area contributed by atoms with E-state index in [1.807, 2.05) is 19.0 Å². The molecule has 1 aromatic heterocycles. The molecule has 0 atom stereocenters. The molecule has 0 N–H and O–H groups in total. The third-order valence-corrected chi connectivity index (χ3v) is 3.04. The SMILES string of the molecule is Cc1cc(F)c(C#N)c(F)c1-c1cc(N(C)C)ccn1. The van der Waals surface area contributed by atoms with Gasteiger partial charge in [0.15, 0.2) is 5.82 Å². The Bertz CT molecular complexity index is 703. The van der Waals surface area contributed by atoms with Gasteiger partial charge in [0.05, 0.1) is 5.69 Å². The molecule has 2 rings (SSSR count). The van der Waals surface area contributed by atoms with Crippen molar-refractivity contribution in [3.8, 4) is 17.3 Å². The second kappa shape index (κ2) is 5.25. The van der Waals surface area contributed by atoms with Gasteiger partial charge in [0.25, 0.3) is 0 Å². The maximum absolute atomic E-state index is 14.3. The third-order valence-electron chi connectivity index (χ3n) is 3.04. The van der Waals surface area contributed by atoms with Crippen molar-refractivity contribution < 1.29 is 8.78 Å². The van der Waals surface area contributed by atoms with Crippen LogP contribution in [0.15, 0.2) is 24.4 Å². The van der Waals surface area contributed by atoms with E-state index in [2.05, 4.69) is 4.98 Å². The highest BCUT2D eigenvalue weighted by Gasteiger charge is 2.19. The van der Waals surface area contributed by atoms with Gasteiger partial charge in [-0.2, -0.15) is 5.26 Å². The van der Waals surface area contributed by atoms with E-state index < -0.39 is 17.2 Å². The molecule has 0 unspecified atom stereocenters. The van der Waals surface area contributed by atoms with Gasteiger partial charge in [-0.05, 0) is 30.7 Å². The standard InChI is InChI=1S/C15H13F2N3/c1-9-6-12(16)11(8-18)15(17)14(9)13-7-10(20(2)3)4-5-19-13/h4-7H,1-3H3. The van der Waals surface area contributed by atoms with Crippen LogP contribution >= 0.6 is 0 Å². The summed E-state index contributed by atoms with van der Waals surface area (Å²) < 4.78 is 27.8. The number of aryl methyl sites for hydroxylation is 1. The maximum atomic E-state index is 14.3. The molecular weight excluding hydrogens is 260 g/mol. The predicted molar refractivity (Wildman–Crippen MR) is 73.4 cm³/mol. The van der Waals surface area contributed by atoms with Crippen molar-refractivity contribution in [2.75, 3.05) is 19.0 Å². The van der Waals surface area contributed by atoms with E-state index in [-0.39, 0.29) is 5.56 Å². The fourth-order valence-electron chi connectivity index (χ4n) is 1.99. The first-order valence-corrected chi connectivity index (χ1v) is 5.98. The normalized spacial score (nSPS) is 10.2. The van der Waals surface area contributed by atoms with E-state index >= 15 is 0 Å². The summed E-state index contributed by atoms with van der Waals surface area (Å²) in [6.45, 7) is 1.59. The molecule has 0 aliphatic rings. The molecule has 0 aliphatic carbocycles. The second-order valence-corrected chi connectivity index (χ2v) is 4.64. The molecule has 0 radical (unpaired) electrons. The van der Waals surface area contributed by atoms with Crippen molar-refractivity contribution in [3.05, 3.63) is 47.2 Å². The second-order valence-electron chi connectivity index (χ2n) is 4.64. The molecule has 0 fully saturated rings. The van der Waals surface area contributed by atoms with Crippen molar-refractivity contribution in [1.82, 2.24) is 4.98 Å². The van der Waals surface area contributed by atoms with Gasteiger partial charge in [-0.1, -0.05) is 0 Å². The molecule has 20 heavy (non-hydrogen) atoms. The monoisotopic (exact) mass is 273 g/mol. The van der Waals surface area contributed by atoms with Gasteiger partial charge >= 0.3 is 0 Å². The first-order valence-electron chi connectivity index (χ1n) is 5.98. The number of aromatic nitrogens is 1. The van der Waals surface area contributed by atoms with E-state index in [9.17, 15) is 8.78 Å². The summed E-state index contributed by atoms with van der Waals surface area (Å²) in [7, 11) is 3.71. The summed E-state index contributed by atoms with van der Waals surface area (Å²) in [6, 6.07) is 6.19. The fourth-order valence-corrected chi connectivity index (χ4v) is 1.99. The number of hydrogen-bond acceptors (Lipinski definition) is 3. The zero-order chi connectivity index (χ0) is 14.9. The lowest BCUT2D eigenvalue weighted by Crippen LogP contribution is -2.09. The lowest BCUT2D eigenvalue weighted by atomic mass is 10.00. The van der Waals surface area contributed by atoms with E-state index in [1.165, 1.54) is 0 Å². The lowest BCUT2D eigenvalue weighted by molar-refractivity contribution is 0.577. The van der Waals surface area contributed by atoms with Crippen molar-refractivity contribution >= 4 is 5.69 Å². The number of halogens is 2. The Labute approximate surface area is 116 Å². The number of nitrogens with zero attached hydrogens (tertiary/aromatic N) is 3. The summed E-state index contributed by atoms with van der Waals surface area (Å²) >= 11 is 0. The van der Waals surface area contributed by atoms with Gasteiger partial charge in [-0.15, -0.1) is 0 Å². The van der Waals surface area contributed by atoms with Crippen LogP contribution in [0, 0.1) is 29.9 Å². The van der Waals surface area contributed by atoms with Crippen molar-refractivity contribution in [3.63, 3.8) is 0 Å².